The predicted octanol–water partition coefficient (Wildman–Crippen LogP) is 1.40. The lowest BCUT2D eigenvalue weighted by molar-refractivity contribution is 0.264. The van der Waals surface area contributed by atoms with Crippen molar-refractivity contribution in [2.24, 2.45) is 0 Å². The Bertz CT molecular complexity index is 332. The molecule has 2 N–H and O–H groups in total. The molecule has 0 bridgehead atoms. The fourth-order valence-corrected chi connectivity index (χ4v) is 2.26. The minimum Gasteiger partial charge on any atom is -0.399 e. The second-order valence-corrected chi connectivity index (χ2v) is 4.88. The summed E-state index contributed by atoms with van der Waals surface area (Å²) >= 11 is 0. The molecule has 0 amide bonds. The lowest BCUT2D eigenvalue weighted by Crippen LogP contribution is -2.31. The van der Waals surface area contributed by atoms with Crippen LogP contribution in [0.5, 0.6) is 0 Å². The van der Waals surface area contributed by atoms with E-state index in [0.29, 0.717) is 6.04 Å². The van der Waals surface area contributed by atoms with Crippen molar-refractivity contribution in [3.63, 3.8) is 0 Å². The van der Waals surface area contributed by atoms with Gasteiger partial charge in [0.05, 0.1) is 0 Å². The highest BCUT2D eigenvalue weighted by atomic mass is 15.2. The Labute approximate surface area is 97.8 Å². The fourth-order valence-electron chi connectivity index (χ4n) is 2.26. The van der Waals surface area contributed by atoms with E-state index in [1.807, 2.05) is 12.1 Å². The van der Waals surface area contributed by atoms with Crippen LogP contribution in [-0.2, 0) is 6.54 Å². The quantitative estimate of drug-likeness (QED) is 0.780. The van der Waals surface area contributed by atoms with Gasteiger partial charge >= 0.3 is 0 Å². The summed E-state index contributed by atoms with van der Waals surface area (Å²) in [6, 6.07) is 8.93. The predicted molar refractivity (Wildman–Crippen MR) is 68.2 cm³/mol. The van der Waals surface area contributed by atoms with Crippen molar-refractivity contribution in [2.75, 3.05) is 32.9 Å². The summed E-state index contributed by atoms with van der Waals surface area (Å²) < 4.78 is 0. The Kier molecular flexibility index (Phi) is 3.46. The molecule has 88 valence electrons. The minimum atomic E-state index is 0.716. The highest BCUT2D eigenvalue weighted by molar-refractivity contribution is 5.39. The van der Waals surface area contributed by atoms with Gasteiger partial charge in [-0.2, -0.15) is 0 Å². The van der Waals surface area contributed by atoms with E-state index < -0.39 is 0 Å². The van der Waals surface area contributed by atoms with Crippen LogP contribution in [0.2, 0.25) is 0 Å². The Hall–Kier alpha value is -1.06. The van der Waals surface area contributed by atoms with Crippen LogP contribution in [0.25, 0.3) is 0 Å². The van der Waals surface area contributed by atoms with Crippen LogP contribution in [0.4, 0.5) is 5.69 Å². The molecule has 1 aromatic carbocycles. The van der Waals surface area contributed by atoms with Gasteiger partial charge in [-0.3, -0.25) is 4.90 Å². The monoisotopic (exact) mass is 219 g/mol. The standard InChI is InChI=1S/C13H21N3/c1-15(2)13-7-8-16(10-13)9-11-3-5-12(14)6-4-11/h3-6,13H,7-10,14H2,1-2H3/t13-/m1/s1. The van der Waals surface area contributed by atoms with Crippen LogP contribution in [0.15, 0.2) is 24.3 Å². The highest BCUT2D eigenvalue weighted by Gasteiger charge is 2.23. The SMILES string of the molecule is CN(C)[C@@H]1CCN(Cc2ccc(N)cc2)C1. The first-order chi connectivity index (χ1) is 7.65. The van der Waals surface area contributed by atoms with Crippen molar-refractivity contribution < 1.29 is 0 Å². The van der Waals surface area contributed by atoms with Crippen LogP contribution in [-0.4, -0.2) is 43.0 Å². The number of anilines is 1. The number of benzene rings is 1. The van der Waals surface area contributed by atoms with E-state index in [-0.39, 0.29) is 0 Å². The fraction of sp³-hybridized carbons (Fsp3) is 0.538. The van der Waals surface area contributed by atoms with E-state index in [9.17, 15) is 0 Å². The zero-order chi connectivity index (χ0) is 11.5. The molecule has 1 fully saturated rings. The molecule has 0 aromatic heterocycles. The molecule has 0 saturated carbocycles. The second-order valence-electron chi connectivity index (χ2n) is 4.88. The average molecular weight is 219 g/mol. The van der Waals surface area contributed by atoms with Crippen molar-refractivity contribution in [3.8, 4) is 0 Å². The van der Waals surface area contributed by atoms with E-state index in [1.54, 1.807) is 0 Å². The van der Waals surface area contributed by atoms with Gasteiger partial charge in [0.15, 0.2) is 0 Å². The smallest absolute Gasteiger partial charge is 0.0314 e. The summed E-state index contributed by atoms with van der Waals surface area (Å²) in [7, 11) is 4.33. The molecule has 2 rings (SSSR count). The van der Waals surface area contributed by atoms with Crippen molar-refractivity contribution >= 4 is 5.69 Å². The molecule has 1 aliphatic rings. The normalized spacial score (nSPS) is 21.8. The molecule has 1 saturated heterocycles. The van der Waals surface area contributed by atoms with Crippen LogP contribution >= 0.6 is 0 Å². The maximum Gasteiger partial charge on any atom is 0.0314 e. The van der Waals surface area contributed by atoms with Crippen molar-refractivity contribution in [2.45, 2.75) is 19.0 Å². The van der Waals surface area contributed by atoms with E-state index in [0.717, 1.165) is 12.2 Å². The summed E-state index contributed by atoms with van der Waals surface area (Å²) in [5.74, 6) is 0. The number of nitrogens with zero attached hydrogens (tertiary/aromatic N) is 2. The van der Waals surface area contributed by atoms with Crippen molar-refractivity contribution in [1.82, 2.24) is 9.80 Å². The number of nitrogen functional groups attached to an aromatic ring is 1. The van der Waals surface area contributed by atoms with E-state index in [1.165, 1.54) is 25.1 Å². The number of hydrogen-bond donors (Lipinski definition) is 1. The number of hydrogen-bond acceptors (Lipinski definition) is 3. The Balaban J connectivity index is 1.89. The topological polar surface area (TPSA) is 32.5 Å². The summed E-state index contributed by atoms with van der Waals surface area (Å²) in [4.78, 5) is 4.83. The van der Waals surface area contributed by atoms with Crippen LogP contribution in [0.3, 0.4) is 0 Å². The maximum atomic E-state index is 5.68. The van der Waals surface area contributed by atoms with Crippen LogP contribution in [0.1, 0.15) is 12.0 Å². The van der Waals surface area contributed by atoms with E-state index in [4.69, 9.17) is 5.73 Å². The first-order valence-electron chi connectivity index (χ1n) is 5.88. The molecule has 1 atom stereocenters. The second kappa shape index (κ2) is 4.85. The molecular weight excluding hydrogens is 198 g/mol. The van der Waals surface area contributed by atoms with E-state index in [2.05, 4.69) is 36.0 Å². The number of likely N-dealkylation sites (N-methyl/N-ethyl adjacent to an activating group) is 1. The third kappa shape index (κ3) is 2.74. The summed E-state index contributed by atoms with van der Waals surface area (Å²) in [5, 5.41) is 0. The lowest BCUT2D eigenvalue weighted by Gasteiger charge is -2.20. The molecule has 3 heteroatoms. The van der Waals surface area contributed by atoms with Crippen LogP contribution in [0, 0.1) is 0 Å². The molecule has 1 aromatic rings. The summed E-state index contributed by atoms with van der Waals surface area (Å²) in [6.45, 7) is 3.43. The molecule has 16 heavy (non-hydrogen) atoms. The minimum absolute atomic E-state index is 0.716. The summed E-state index contributed by atoms with van der Waals surface area (Å²) in [5.41, 5.74) is 7.88. The van der Waals surface area contributed by atoms with Gasteiger partial charge in [-0.05, 0) is 38.2 Å². The molecule has 0 spiro atoms. The Morgan fingerprint density at radius 2 is 2.00 bits per heavy atom. The maximum absolute atomic E-state index is 5.68. The van der Waals surface area contributed by atoms with Crippen molar-refractivity contribution in [1.29, 1.82) is 0 Å². The van der Waals surface area contributed by atoms with Gasteiger partial charge in [0.1, 0.15) is 0 Å². The van der Waals surface area contributed by atoms with E-state index >= 15 is 0 Å². The Morgan fingerprint density at radius 3 is 2.56 bits per heavy atom. The van der Waals surface area contributed by atoms with Crippen molar-refractivity contribution in [3.05, 3.63) is 29.8 Å². The molecular formula is C13H21N3. The molecule has 0 radical (unpaired) electrons. The van der Waals surface area contributed by atoms with Gasteiger partial charge in [0.2, 0.25) is 0 Å². The average Bonchev–Trinajstić information content (AvgIpc) is 2.70. The van der Waals surface area contributed by atoms with Gasteiger partial charge in [0.25, 0.3) is 0 Å². The molecule has 1 aliphatic heterocycles. The molecule has 1 heterocycles. The van der Waals surface area contributed by atoms with Gasteiger partial charge in [-0.15, -0.1) is 0 Å². The number of rotatable bonds is 3. The third-order valence-electron chi connectivity index (χ3n) is 3.36. The molecule has 3 nitrogen and oxygen atoms in total. The Morgan fingerprint density at radius 1 is 1.31 bits per heavy atom. The van der Waals surface area contributed by atoms with Gasteiger partial charge in [-0.1, -0.05) is 12.1 Å². The number of likely N-dealkylation sites (tertiary alicyclic amines) is 1. The highest BCUT2D eigenvalue weighted by Crippen LogP contribution is 2.16. The summed E-state index contributed by atoms with van der Waals surface area (Å²) in [6.07, 6.45) is 1.28. The largest absolute Gasteiger partial charge is 0.399 e. The molecule has 0 aliphatic carbocycles. The number of nitrogens with two attached hydrogens (primary N) is 1. The zero-order valence-electron chi connectivity index (χ0n) is 10.2. The lowest BCUT2D eigenvalue weighted by atomic mass is 10.2. The molecule has 0 unspecified atom stereocenters. The third-order valence-corrected chi connectivity index (χ3v) is 3.36. The van der Waals surface area contributed by atoms with Gasteiger partial charge in [0, 0.05) is 31.4 Å². The first kappa shape index (κ1) is 11.4. The van der Waals surface area contributed by atoms with Gasteiger partial charge < -0.3 is 10.6 Å². The first-order valence-corrected chi connectivity index (χ1v) is 5.88. The zero-order valence-corrected chi connectivity index (χ0v) is 10.2. The van der Waals surface area contributed by atoms with Crippen LogP contribution < -0.4 is 5.73 Å². The van der Waals surface area contributed by atoms with Gasteiger partial charge in [-0.25, -0.2) is 0 Å².